The van der Waals surface area contributed by atoms with Crippen molar-refractivity contribution in [2.24, 2.45) is 11.7 Å². The van der Waals surface area contributed by atoms with Crippen LogP contribution in [0.15, 0.2) is 24.3 Å². The summed E-state index contributed by atoms with van der Waals surface area (Å²) in [7, 11) is 0. The van der Waals surface area contributed by atoms with Gasteiger partial charge in [-0.25, -0.2) is 4.79 Å². The molecule has 0 bridgehead atoms. The van der Waals surface area contributed by atoms with Gasteiger partial charge < -0.3 is 42.1 Å². The lowest BCUT2D eigenvalue weighted by Crippen LogP contribution is -2.58. The molecule has 1 aromatic carbocycles. The van der Waals surface area contributed by atoms with Gasteiger partial charge >= 0.3 is 17.9 Å². The highest BCUT2D eigenvalue weighted by atomic mass is 16.4. The Kier molecular flexibility index (Phi) is 12.0. The molecule has 0 aliphatic heterocycles. The topological polar surface area (TPSA) is 245 Å². The summed E-state index contributed by atoms with van der Waals surface area (Å²) in [5.74, 6) is -7.40. The molecule has 14 heteroatoms. The molecule has 1 rings (SSSR count). The number of phenols is 1. The zero-order valence-electron chi connectivity index (χ0n) is 20.3. The van der Waals surface area contributed by atoms with Gasteiger partial charge in [-0.05, 0) is 30.0 Å². The van der Waals surface area contributed by atoms with E-state index >= 15 is 0 Å². The fourth-order valence-electron chi connectivity index (χ4n) is 3.19. The minimum Gasteiger partial charge on any atom is -0.508 e. The Bertz CT molecular complexity index is 996. The number of aromatic hydroxyl groups is 1. The van der Waals surface area contributed by atoms with Crippen molar-refractivity contribution in [1.82, 2.24) is 16.0 Å². The van der Waals surface area contributed by atoms with Crippen LogP contribution in [0.25, 0.3) is 0 Å². The Labute approximate surface area is 212 Å². The first-order valence-corrected chi connectivity index (χ1v) is 11.3. The van der Waals surface area contributed by atoms with E-state index in [1.54, 1.807) is 13.8 Å². The van der Waals surface area contributed by atoms with Gasteiger partial charge in [0, 0.05) is 12.8 Å². The number of carbonyl (C=O) groups is 6. The lowest BCUT2D eigenvalue weighted by molar-refractivity contribution is -0.144. The molecule has 0 spiro atoms. The van der Waals surface area contributed by atoms with Crippen molar-refractivity contribution in [3.8, 4) is 5.75 Å². The van der Waals surface area contributed by atoms with Gasteiger partial charge in [0.25, 0.3) is 0 Å². The number of nitrogens with two attached hydrogens (primary N) is 1. The molecule has 0 radical (unpaired) electrons. The van der Waals surface area contributed by atoms with Crippen LogP contribution in [0.5, 0.6) is 5.75 Å². The molecule has 9 N–H and O–H groups in total. The van der Waals surface area contributed by atoms with Crippen LogP contribution >= 0.6 is 0 Å². The van der Waals surface area contributed by atoms with Gasteiger partial charge in [0.15, 0.2) is 0 Å². The standard InChI is InChI=1S/C23H32N4O10/c1-11(2)19(27-20(33)14(24)7-8-17(29)30)22(35)25-15(10-18(31)32)21(34)26-16(23(36)37)9-12-3-5-13(28)6-4-12/h3-6,11,14-16,19,28H,7-10,24H2,1-2H3,(H,25,35)(H,26,34)(H,27,33)(H,29,30)(H,31,32)(H,36,37). The highest BCUT2D eigenvalue weighted by Gasteiger charge is 2.33. The molecule has 0 heterocycles. The lowest BCUT2D eigenvalue weighted by atomic mass is 10.0. The first kappa shape index (κ1) is 30.8. The van der Waals surface area contributed by atoms with E-state index in [-0.39, 0.29) is 25.0 Å². The number of carbonyl (C=O) groups excluding carboxylic acids is 3. The van der Waals surface area contributed by atoms with Crippen LogP contribution in [-0.4, -0.2) is 80.2 Å². The maximum atomic E-state index is 12.9. The van der Waals surface area contributed by atoms with Crippen LogP contribution in [0.1, 0.15) is 38.7 Å². The van der Waals surface area contributed by atoms with Gasteiger partial charge in [-0.1, -0.05) is 26.0 Å². The third-order valence-corrected chi connectivity index (χ3v) is 5.26. The number of amides is 3. The van der Waals surface area contributed by atoms with Gasteiger partial charge in [0.2, 0.25) is 17.7 Å². The molecule has 0 saturated heterocycles. The summed E-state index contributed by atoms with van der Waals surface area (Å²) in [5.41, 5.74) is 6.13. The number of hydrogen-bond acceptors (Lipinski definition) is 8. The molecule has 0 aromatic heterocycles. The Morgan fingerprint density at radius 3 is 1.86 bits per heavy atom. The molecular formula is C23H32N4O10. The fourth-order valence-corrected chi connectivity index (χ4v) is 3.19. The van der Waals surface area contributed by atoms with Crippen molar-refractivity contribution in [3.05, 3.63) is 29.8 Å². The number of carboxylic acids is 3. The Morgan fingerprint density at radius 2 is 1.38 bits per heavy atom. The van der Waals surface area contributed by atoms with Crippen LogP contribution in [0.4, 0.5) is 0 Å². The normalized spacial score (nSPS) is 14.1. The van der Waals surface area contributed by atoms with E-state index < -0.39 is 72.1 Å². The van der Waals surface area contributed by atoms with Gasteiger partial charge in [0.05, 0.1) is 12.5 Å². The number of aliphatic carboxylic acids is 3. The van der Waals surface area contributed by atoms with Crippen molar-refractivity contribution in [2.45, 2.75) is 63.7 Å². The first-order valence-electron chi connectivity index (χ1n) is 11.3. The Hall–Kier alpha value is -4.20. The predicted molar refractivity (Wildman–Crippen MR) is 127 cm³/mol. The zero-order valence-corrected chi connectivity index (χ0v) is 20.3. The van der Waals surface area contributed by atoms with Crippen molar-refractivity contribution < 1.29 is 49.2 Å². The van der Waals surface area contributed by atoms with E-state index in [0.717, 1.165) is 0 Å². The quantitative estimate of drug-likeness (QED) is 0.135. The third-order valence-electron chi connectivity index (χ3n) is 5.26. The molecule has 14 nitrogen and oxygen atoms in total. The molecule has 3 amide bonds. The second kappa shape index (κ2) is 14.4. The minimum absolute atomic E-state index is 0.0430. The SMILES string of the molecule is CC(C)C(NC(=O)C(N)CCC(=O)O)C(=O)NC(CC(=O)O)C(=O)NC(Cc1ccc(O)cc1)C(=O)O. The minimum atomic E-state index is -1.68. The number of hydrogen-bond donors (Lipinski definition) is 8. The fraction of sp³-hybridized carbons (Fsp3) is 0.478. The average Bonchev–Trinajstić information content (AvgIpc) is 2.80. The number of nitrogens with one attached hydrogen (secondary N) is 3. The van der Waals surface area contributed by atoms with Crippen LogP contribution in [0.2, 0.25) is 0 Å². The van der Waals surface area contributed by atoms with Crippen molar-refractivity contribution >= 4 is 35.6 Å². The van der Waals surface area contributed by atoms with E-state index in [0.29, 0.717) is 5.56 Å². The molecule has 0 saturated carbocycles. The molecule has 4 unspecified atom stereocenters. The molecule has 4 atom stereocenters. The van der Waals surface area contributed by atoms with Gasteiger partial charge in [0.1, 0.15) is 23.9 Å². The van der Waals surface area contributed by atoms with Gasteiger partial charge in [-0.3, -0.25) is 24.0 Å². The van der Waals surface area contributed by atoms with Crippen LogP contribution in [0, 0.1) is 5.92 Å². The number of carboxylic acid groups (broad SMARTS) is 3. The van der Waals surface area contributed by atoms with Crippen LogP contribution < -0.4 is 21.7 Å². The molecule has 0 fully saturated rings. The third kappa shape index (κ3) is 10.9. The molecule has 1 aromatic rings. The first-order chi connectivity index (χ1) is 17.2. The molecule has 0 aliphatic carbocycles. The summed E-state index contributed by atoms with van der Waals surface area (Å²) < 4.78 is 0. The van der Waals surface area contributed by atoms with E-state index in [1.165, 1.54) is 24.3 Å². The maximum Gasteiger partial charge on any atom is 0.326 e. The summed E-state index contributed by atoms with van der Waals surface area (Å²) in [6.07, 6.45) is -1.62. The molecule has 204 valence electrons. The Balaban J connectivity index is 2.97. The second-order valence-electron chi connectivity index (χ2n) is 8.70. The summed E-state index contributed by atoms with van der Waals surface area (Å²) in [6.45, 7) is 3.13. The van der Waals surface area contributed by atoms with Crippen molar-refractivity contribution in [2.75, 3.05) is 0 Å². The molecule has 0 aliphatic rings. The van der Waals surface area contributed by atoms with E-state index in [4.69, 9.17) is 10.8 Å². The molecular weight excluding hydrogens is 492 g/mol. The van der Waals surface area contributed by atoms with Gasteiger partial charge in [-0.15, -0.1) is 0 Å². The van der Waals surface area contributed by atoms with Crippen molar-refractivity contribution in [1.29, 1.82) is 0 Å². The average molecular weight is 525 g/mol. The van der Waals surface area contributed by atoms with Crippen LogP contribution in [-0.2, 0) is 35.2 Å². The summed E-state index contributed by atoms with van der Waals surface area (Å²) in [4.78, 5) is 71.7. The Morgan fingerprint density at radius 1 is 0.811 bits per heavy atom. The predicted octanol–water partition coefficient (Wildman–Crippen LogP) is -1.20. The van der Waals surface area contributed by atoms with Crippen LogP contribution in [0.3, 0.4) is 0 Å². The van der Waals surface area contributed by atoms with E-state index in [2.05, 4.69) is 16.0 Å². The van der Waals surface area contributed by atoms with E-state index in [1.807, 2.05) is 0 Å². The highest BCUT2D eigenvalue weighted by Crippen LogP contribution is 2.12. The van der Waals surface area contributed by atoms with Gasteiger partial charge in [-0.2, -0.15) is 0 Å². The molecule has 37 heavy (non-hydrogen) atoms. The summed E-state index contributed by atoms with van der Waals surface area (Å²) >= 11 is 0. The van der Waals surface area contributed by atoms with Crippen molar-refractivity contribution in [3.63, 3.8) is 0 Å². The zero-order chi connectivity index (χ0) is 28.3. The summed E-state index contributed by atoms with van der Waals surface area (Å²) in [5, 5.41) is 43.6. The number of phenolic OH excluding ortho intramolecular Hbond substituents is 1. The largest absolute Gasteiger partial charge is 0.508 e. The monoisotopic (exact) mass is 524 g/mol. The van der Waals surface area contributed by atoms with E-state index in [9.17, 15) is 44.1 Å². The number of rotatable bonds is 15. The summed E-state index contributed by atoms with van der Waals surface area (Å²) in [6, 6.07) is -0.0620. The second-order valence-corrected chi connectivity index (χ2v) is 8.70. The number of benzene rings is 1. The lowest BCUT2D eigenvalue weighted by Gasteiger charge is -2.26. The smallest absolute Gasteiger partial charge is 0.326 e. The highest BCUT2D eigenvalue weighted by molar-refractivity contribution is 5.95. The maximum absolute atomic E-state index is 12.9.